The van der Waals surface area contributed by atoms with Crippen LogP contribution in [0.5, 0.6) is 11.5 Å². The molecule has 7 heteroatoms. The number of amides is 1. The minimum absolute atomic E-state index is 0.00341. The van der Waals surface area contributed by atoms with Gasteiger partial charge in [0.05, 0.1) is 24.8 Å². The van der Waals surface area contributed by atoms with Crippen LogP contribution in [0.4, 0.5) is 5.82 Å². The van der Waals surface area contributed by atoms with Gasteiger partial charge in [-0.25, -0.2) is 4.98 Å². The number of rotatable bonds is 4. The predicted octanol–water partition coefficient (Wildman–Crippen LogP) is 2.96. The highest BCUT2D eigenvalue weighted by molar-refractivity contribution is 6.30. The molecule has 0 saturated carbocycles. The van der Waals surface area contributed by atoms with Crippen LogP contribution in [0, 0.1) is 11.8 Å². The van der Waals surface area contributed by atoms with Gasteiger partial charge < -0.3 is 19.3 Å². The minimum atomic E-state index is -0.00341. The van der Waals surface area contributed by atoms with Gasteiger partial charge in [0.2, 0.25) is 0 Å². The van der Waals surface area contributed by atoms with Crippen LogP contribution < -0.4 is 14.4 Å². The van der Waals surface area contributed by atoms with Crippen molar-refractivity contribution >= 4 is 23.3 Å². The Morgan fingerprint density at radius 2 is 1.81 bits per heavy atom. The molecule has 0 radical (unpaired) electrons. The molecule has 1 aromatic heterocycles. The third-order valence-corrected chi connectivity index (χ3v) is 5.67. The summed E-state index contributed by atoms with van der Waals surface area (Å²) in [5, 5.41) is 0.641. The van der Waals surface area contributed by atoms with Gasteiger partial charge in [-0.3, -0.25) is 4.79 Å². The summed E-state index contributed by atoms with van der Waals surface area (Å²) in [6.45, 7) is 3.29. The van der Waals surface area contributed by atoms with Gasteiger partial charge >= 0.3 is 0 Å². The summed E-state index contributed by atoms with van der Waals surface area (Å²) < 4.78 is 10.6. The largest absolute Gasteiger partial charge is 0.497 e. The summed E-state index contributed by atoms with van der Waals surface area (Å²) in [7, 11) is 3.17. The van der Waals surface area contributed by atoms with E-state index < -0.39 is 0 Å². The van der Waals surface area contributed by atoms with Crippen LogP contribution in [-0.4, -0.2) is 56.2 Å². The first kappa shape index (κ1) is 17.9. The van der Waals surface area contributed by atoms with E-state index in [-0.39, 0.29) is 5.91 Å². The van der Waals surface area contributed by atoms with Crippen LogP contribution in [0.2, 0.25) is 5.02 Å². The first-order valence-electron chi connectivity index (χ1n) is 8.97. The van der Waals surface area contributed by atoms with Crippen LogP contribution in [-0.2, 0) is 0 Å². The molecule has 4 rings (SSSR count). The number of carbonyl (C=O) groups is 1. The molecule has 2 aromatic rings. The standard InChI is InChI=1S/C20H22ClN3O3/c1-26-16-4-5-18(27-2)17(7-16)20(25)24-11-13-9-23(10-14(13)12-24)19-6-3-15(21)8-22-19/h3-8,13-14H,9-12H2,1-2H3. The van der Waals surface area contributed by atoms with E-state index >= 15 is 0 Å². The molecule has 2 fully saturated rings. The van der Waals surface area contributed by atoms with Crippen molar-refractivity contribution in [3.05, 3.63) is 47.1 Å². The maximum Gasteiger partial charge on any atom is 0.257 e. The fourth-order valence-corrected chi connectivity index (χ4v) is 4.16. The minimum Gasteiger partial charge on any atom is -0.497 e. The Morgan fingerprint density at radius 1 is 1.07 bits per heavy atom. The van der Waals surface area contributed by atoms with Crippen molar-refractivity contribution in [3.63, 3.8) is 0 Å². The fourth-order valence-electron chi connectivity index (χ4n) is 4.05. The predicted molar refractivity (Wildman–Crippen MR) is 104 cm³/mol. The van der Waals surface area contributed by atoms with Crippen LogP contribution in [0.3, 0.4) is 0 Å². The summed E-state index contributed by atoms with van der Waals surface area (Å²) in [6.07, 6.45) is 1.68. The Kier molecular flexibility index (Phi) is 4.83. The summed E-state index contributed by atoms with van der Waals surface area (Å²) >= 11 is 5.93. The van der Waals surface area contributed by atoms with Gasteiger partial charge in [-0.05, 0) is 30.3 Å². The highest BCUT2D eigenvalue weighted by atomic mass is 35.5. The SMILES string of the molecule is COc1ccc(OC)c(C(=O)N2CC3CN(c4ccc(Cl)cn4)CC3C2)c1. The van der Waals surface area contributed by atoms with Crippen LogP contribution in [0.1, 0.15) is 10.4 Å². The zero-order valence-corrected chi connectivity index (χ0v) is 16.1. The third-order valence-electron chi connectivity index (χ3n) is 5.45. The van der Waals surface area contributed by atoms with Crippen molar-refractivity contribution in [2.45, 2.75) is 0 Å². The van der Waals surface area contributed by atoms with Gasteiger partial charge in [-0.2, -0.15) is 0 Å². The number of hydrogen-bond donors (Lipinski definition) is 0. The number of methoxy groups -OCH3 is 2. The van der Waals surface area contributed by atoms with E-state index in [1.54, 1.807) is 38.6 Å². The number of ether oxygens (including phenoxy) is 2. The molecule has 0 bridgehead atoms. The number of nitrogens with zero attached hydrogens (tertiary/aromatic N) is 3. The number of benzene rings is 1. The molecule has 3 heterocycles. The van der Waals surface area contributed by atoms with E-state index in [0.29, 0.717) is 33.9 Å². The van der Waals surface area contributed by atoms with Crippen molar-refractivity contribution in [2.24, 2.45) is 11.8 Å². The van der Waals surface area contributed by atoms with Crippen molar-refractivity contribution in [2.75, 3.05) is 45.3 Å². The van der Waals surface area contributed by atoms with Crippen LogP contribution >= 0.6 is 11.6 Å². The molecule has 2 aliphatic rings. The summed E-state index contributed by atoms with van der Waals surface area (Å²) in [6, 6.07) is 9.14. The maximum atomic E-state index is 13.1. The summed E-state index contributed by atoms with van der Waals surface area (Å²) in [5.41, 5.74) is 0.549. The Hall–Kier alpha value is -2.47. The lowest BCUT2D eigenvalue weighted by Gasteiger charge is -2.23. The van der Waals surface area contributed by atoms with Crippen molar-refractivity contribution in [3.8, 4) is 11.5 Å². The number of aromatic nitrogens is 1. The molecule has 6 nitrogen and oxygen atoms in total. The molecular weight excluding hydrogens is 366 g/mol. The number of pyridine rings is 1. The summed E-state index contributed by atoms with van der Waals surface area (Å²) in [5.74, 6) is 3.06. The topological polar surface area (TPSA) is 54.9 Å². The molecule has 142 valence electrons. The lowest BCUT2D eigenvalue weighted by atomic mass is 10.0. The zero-order chi connectivity index (χ0) is 19.0. The number of fused-ring (bicyclic) bond motifs is 1. The average molecular weight is 388 g/mol. The van der Waals surface area contributed by atoms with Gasteiger partial charge in [0, 0.05) is 44.2 Å². The van der Waals surface area contributed by atoms with E-state index in [4.69, 9.17) is 21.1 Å². The molecule has 2 saturated heterocycles. The highest BCUT2D eigenvalue weighted by Crippen LogP contribution is 2.35. The van der Waals surface area contributed by atoms with E-state index in [0.717, 1.165) is 32.0 Å². The van der Waals surface area contributed by atoms with Gasteiger partial charge in [0.15, 0.2) is 0 Å². The first-order chi connectivity index (χ1) is 13.1. The zero-order valence-electron chi connectivity index (χ0n) is 15.4. The molecule has 1 aromatic carbocycles. The van der Waals surface area contributed by atoms with Gasteiger partial charge in [-0.1, -0.05) is 11.6 Å². The first-order valence-corrected chi connectivity index (χ1v) is 9.34. The lowest BCUT2D eigenvalue weighted by molar-refractivity contribution is 0.0779. The second-order valence-electron chi connectivity index (χ2n) is 7.04. The van der Waals surface area contributed by atoms with E-state index in [2.05, 4.69) is 9.88 Å². The molecule has 27 heavy (non-hydrogen) atoms. The molecule has 2 unspecified atom stereocenters. The van der Waals surface area contributed by atoms with Crippen LogP contribution in [0.25, 0.3) is 0 Å². The molecule has 1 amide bonds. The number of halogens is 1. The van der Waals surface area contributed by atoms with Crippen molar-refractivity contribution in [1.82, 2.24) is 9.88 Å². The quantitative estimate of drug-likeness (QED) is 0.807. The Morgan fingerprint density at radius 3 is 2.41 bits per heavy atom. The molecule has 0 spiro atoms. The number of anilines is 1. The maximum absolute atomic E-state index is 13.1. The number of hydrogen-bond acceptors (Lipinski definition) is 5. The number of carbonyl (C=O) groups excluding carboxylic acids is 1. The second-order valence-corrected chi connectivity index (χ2v) is 7.47. The van der Waals surface area contributed by atoms with E-state index in [1.165, 1.54) is 0 Å². The van der Waals surface area contributed by atoms with Crippen molar-refractivity contribution in [1.29, 1.82) is 0 Å². The van der Waals surface area contributed by atoms with Gasteiger partial charge in [0.25, 0.3) is 5.91 Å². The molecule has 2 atom stereocenters. The van der Waals surface area contributed by atoms with Gasteiger partial charge in [0.1, 0.15) is 17.3 Å². The molecule has 0 aliphatic carbocycles. The second kappa shape index (κ2) is 7.27. The molecule has 0 N–H and O–H groups in total. The Balaban J connectivity index is 1.46. The Labute approximate surface area is 163 Å². The monoisotopic (exact) mass is 387 g/mol. The fraction of sp³-hybridized carbons (Fsp3) is 0.400. The molecular formula is C20H22ClN3O3. The highest BCUT2D eigenvalue weighted by Gasteiger charge is 2.42. The number of likely N-dealkylation sites (tertiary alicyclic amines) is 1. The smallest absolute Gasteiger partial charge is 0.257 e. The van der Waals surface area contributed by atoms with Crippen LogP contribution in [0.15, 0.2) is 36.5 Å². The normalized spacial score (nSPS) is 21.3. The molecule has 2 aliphatic heterocycles. The van der Waals surface area contributed by atoms with E-state index in [9.17, 15) is 4.79 Å². The van der Waals surface area contributed by atoms with E-state index in [1.807, 2.05) is 17.0 Å². The van der Waals surface area contributed by atoms with Gasteiger partial charge in [-0.15, -0.1) is 0 Å². The van der Waals surface area contributed by atoms with Crippen molar-refractivity contribution < 1.29 is 14.3 Å². The summed E-state index contributed by atoms with van der Waals surface area (Å²) in [4.78, 5) is 21.7. The third kappa shape index (κ3) is 3.41. The Bertz CT molecular complexity index is 829. The average Bonchev–Trinajstić information content (AvgIpc) is 3.26. The lowest BCUT2D eigenvalue weighted by Crippen LogP contribution is -2.33.